The lowest BCUT2D eigenvalue weighted by atomic mass is 10.2. The van der Waals surface area contributed by atoms with E-state index in [0.29, 0.717) is 24.5 Å². The van der Waals surface area contributed by atoms with E-state index in [4.69, 9.17) is 9.47 Å². The number of aromatic nitrogens is 1. The van der Waals surface area contributed by atoms with Crippen LogP contribution in [0, 0.1) is 13.8 Å². The van der Waals surface area contributed by atoms with Crippen molar-refractivity contribution in [1.29, 1.82) is 0 Å². The zero-order valence-corrected chi connectivity index (χ0v) is 13.6. The van der Waals surface area contributed by atoms with Gasteiger partial charge in [-0.2, -0.15) is 0 Å². The molecule has 0 spiro atoms. The fourth-order valence-electron chi connectivity index (χ4n) is 2.01. The molecule has 1 aromatic heterocycles. The van der Waals surface area contributed by atoms with Gasteiger partial charge in [0.2, 0.25) is 10.0 Å². The zero-order valence-electron chi connectivity index (χ0n) is 12.8. The quantitative estimate of drug-likeness (QED) is 0.553. The third kappa shape index (κ3) is 4.29. The van der Waals surface area contributed by atoms with E-state index in [-0.39, 0.29) is 23.7 Å². The van der Waals surface area contributed by atoms with E-state index in [9.17, 15) is 13.2 Å². The average molecular weight is 318 g/mol. The molecule has 1 heterocycles. The Kier molecular flexibility index (Phi) is 6.38. The van der Waals surface area contributed by atoms with Crippen LogP contribution >= 0.6 is 0 Å². The number of esters is 1. The van der Waals surface area contributed by atoms with Crippen LogP contribution in [0.5, 0.6) is 0 Å². The largest absolute Gasteiger partial charge is 0.461 e. The molecule has 0 unspecified atom stereocenters. The molecule has 0 aromatic carbocycles. The molecule has 8 heteroatoms. The van der Waals surface area contributed by atoms with Crippen LogP contribution in [0.4, 0.5) is 0 Å². The highest BCUT2D eigenvalue weighted by Gasteiger charge is 2.26. The predicted molar refractivity (Wildman–Crippen MR) is 77.9 cm³/mol. The molecule has 0 atom stereocenters. The van der Waals surface area contributed by atoms with Crippen LogP contribution in [0.25, 0.3) is 0 Å². The molecule has 1 rings (SSSR count). The van der Waals surface area contributed by atoms with Crippen molar-refractivity contribution in [3.05, 3.63) is 17.0 Å². The minimum Gasteiger partial charge on any atom is -0.461 e. The summed E-state index contributed by atoms with van der Waals surface area (Å²) in [7, 11) is -3.70. The van der Waals surface area contributed by atoms with E-state index in [1.165, 1.54) is 0 Å². The molecule has 120 valence electrons. The Morgan fingerprint density at radius 2 is 1.90 bits per heavy atom. The minimum absolute atomic E-state index is 0.0852. The fourth-order valence-corrected chi connectivity index (χ4v) is 3.46. The normalized spacial score (nSPS) is 11.6. The summed E-state index contributed by atoms with van der Waals surface area (Å²) in [5, 5.41) is 0. The number of nitrogens with one attached hydrogen (secondary N) is 2. The minimum atomic E-state index is -3.70. The van der Waals surface area contributed by atoms with Gasteiger partial charge in [-0.05, 0) is 27.7 Å². The summed E-state index contributed by atoms with van der Waals surface area (Å²) in [6.45, 7) is 7.93. The first-order chi connectivity index (χ1) is 9.85. The maximum absolute atomic E-state index is 12.3. The molecular weight excluding hydrogens is 296 g/mol. The summed E-state index contributed by atoms with van der Waals surface area (Å²) in [6, 6.07) is 0. The van der Waals surface area contributed by atoms with Gasteiger partial charge >= 0.3 is 5.97 Å². The number of hydrogen-bond donors (Lipinski definition) is 2. The lowest BCUT2D eigenvalue weighted by Crippen LogP contribution is -2.28. The van der Waals surface area contributed by atoms with Crippen molar-refractivity contribution >= 4 is 16.0 Å². The highest BCUT2D eigenvalue weighted by Crippen LogP contribution is 2.23. The van der Waals surface area contributed by atoms with Gasteiger partial charge in [-0.25, -0.2) is 17.9 Å². The van der Waals surface area contributed by atoms with Gasteiger partial charge in [0.1, 0.15) is 10.6 Å². The summed E-state index contributed by atoms with van der Waals surface area (Å²) in [6.07, 6.45) is 0. The number of aromatic amines is 1. The van der Waals surface area contributed by atoms with E-state index < -0.39 is 16.0 Å². The number of carbonyl (C=O) groups excluding carboxylic acids is 1. The van der Waals surface area contributed by atoms with Crippen LogP contribution in [-0.4, -0.2) is 45.7 Å². The Balaban J connectivity index is 2.99. The van der Waals surface area contributed by atoms with Crippen molar-refractivity contribution in [2.75, 3.05) is 26.4 Å². The van der Waals surface area contributed by atoms with Gasteiger partial charge in [-0.15, -0.1) is 0 Å². The maximum Gasteiger partial charge on any atom is 0.355 e. The Labute approximate surface area is 125 Å². The van der Waals surface area contributed by atoms with Gasteiger partial charge in [-0.1, -0.05) is 0 Å². The summed E-state index contributed by atoms with van der Waals surface area (Å²) in [4.78, 5) is 14.6. The third-order valence-corrected chi connectivity index (χ3v) is 4.59. The van der Waals surface area contributed by atoms with Gasteiger partial charge in [-0.3, -0.25) is 0 Å². The lowest BCUT2D eigenvalue weighted by Gasteiger charge is -2.07. The highest BCUT2D eigenvalue weighted by atomic mass is 32.2. The van der Waals surface area contributed by atoms with Crippen molar-refractivity contribution in [2.45, 2.75) is 32.6 Å². The molecule has 7 nitrogen and oxygen atoms in total. The van der Waals surface area contributed by atoms with Crippen molar-refractivity contribution in [1.82, 2.24) is 9.71 Å². The van der Waals surface area contributed by atoms with Crippen molar-refractivity contribution < 1.29 is 22.7 Å². The molecule has 1 aromatic rings. The predicted octanol–water partition coefficient (Wildman–Crippen LogP) is 1.12. The molecule has 0 radical (unpaired) electrons. The number of rotatable bonds is 8. The van der Waals surface area contributed by atoms with Crippen molar-refractivity contribution in [2.24, 2.45) is 0 Å². The molecule has 0 saturated heterocycles. The van der Waals surface area contributed by atoms with Crippen LogP contribution < -0.4 is 4.72 Å². The molecule has 0 bridgehead atoms. The van der Waals surface area contributed by atoms with E-state index in [0.717, 1.165) is 0 Å². The first-order valence-electron chi connectivity index (χ1n) is 6.78. The van der Waals surface area contributed by atoms with E-state index >= 15 is 0 Å². The second-order valence-electron chi connectivity index (χ2n) is 4.39. The second kappa shape index (κ2) is 7.58. The van der Waals surface area contributed by atoms with Gasteiger partial charge < -0.3 is 14.5 Å². The number of H-pyrrole nitrogens is 1. The molecular formula is C13H22N2O5S. The molecule has 0 amide bonds. The summed E-state index contributed by atoms with van der Waals surface area (Å²) < 4.78 is 37.0. The summed E-state index contributed by atoms with van der Waals surface area (Å²) >= 11 is 0. The van der Waals surface area contributed by atoms with Crippen LogP contribution in [0.15, 0.2) is 4.90 Å². The molecule has 0 saturated carbocycles. The number of aryl methyl sites for hydroxylation is 1. The zero-order chi connectivity index (χ0) is 16.0. The molecule has 0 fully saturated rings. The van der Waals surface area contributed by atoms with Crippen molar-refractivity contribution in [3.63, 3.8) is 0 Å². The Morgan fingerprint density at radius 3 is 2.48 bits per heavy atom. The van der Waals surface area contributed by atoms with Gasteiger partial charge in [0.15, 0.2) is 0 Å². The Hall–Kier alpha value is -1.38. The molecule has 0 aliphatic rings. The van der Waals surface area contributed by atoms with E-state index in [1.807, 2.05) is 6.92 Å². The lowest BCUT2D eigenvalue weighted by molar-refractivity contribution is 0.0519. The second-order valence-corrected chi connectivity index (χ2v) is 6.10. The van der Waals surface area contributed by atoms with Gasteiger partial charge in [0, 0.05) is 24.4 Å². The van der Waals surface area contributed by atoms with E-state index in [1.54, 1.807) is 20.8 Å². The van der Waals surface area contributed by atoms with Crippen LogP contribution in [0.3, 0.4) is 0 Å². The fraction of sp³-hybridized carbons (Fsp3) is 0.615. The van der Waals surface area contributed by atoms with Crippen LogP contribution in [-0.2, 0) is 19.5 Å². The monoisotopic (exact) mass is 318 g/mol. The van der Waals surface area contributed by atoms with Crippen LogP contribution in [0.2, 0.25) is 0 Å². The summed E-state index contributed by atoms with van der Waals surface area (Å²) in [5.74, 6) is -0.561. The van der Waals surface area contributed by atoms with Crippen LogP contribution in [0.1, 0.15) is 35.6 Å². The highest BCUT2D eigenvalue weighted by molar-refractivity contribution is 7.89. The standard InChI is InChI=1S/C13H22N2O5S/c1-5-19-8-7-14-21(17,18)12-9(3)11(15-10(12)4)13(16)20-6-2/h14-15H,5-8H2,1-4H3. The first-order valence-corrected chi connectivity index (χ1v) is 8.27. The average Bonchev–Trinajstić information content (AvgIpc) is 2.71. The Bertz CT molecular complexity index is 592. The molecule has 2 N–H and O–H groups in total. The van der Waals surface area contributed by atoms with Gasteiger partial charge in [0.05, 0.1) is 13.2 Å². The number of sulfonamides is 1. The first kappa shape index (κ1) is 17.7. The third-order valence-electron chi connectivity index (χ3n) is 2.86. The maximum atomic E-state index is 12.3. The van der Waals surface area contributed by atoms with Crippen molar-refractivity contribution in [3.8, 4) is 0 Å². The number of ether oxygens (including phenoxy) is 2. The summed E-state index contributed by atoms with van der Waals surface area (Å²) in [5.41, 5.74) is 0.925. The molecule has 21 heavy (non-hydrogen) atoms. The smallest absolute Gasteiger partial charge is 0.355 e. The molecule has 0 aliphatic heterocycles. The van der Waals surface area contributed by atoms with E-state index in [2.05, 4.69) is 9.71 Å². The number of carbonyl (C=O) groups is 1. The SMILES string of the molecule is CCOCCNS(=O)(=O)c1c(C)[nH]c(C(=O)OCC)c1C. The number of hydrogen-bond acceptors (Lipinski definition) is 5. The van der Waals surface area contributed by atoms with Gasteiger partial charge in [0.25, 0.3) is 0 Å². The Morgan fingerprint density at radius 1 is 1.24 bits per heavy atom. The topological polar surface area (TPSA) is 97.5 Å². The molecule has 0 aliphatic carbocycles.